The molecule has 5 heterocycles. The van der Waals surface area contributed by atoms with E-state index in [0.717, 1.165) is 11.3 Å². The molecule has 41 heavy (non-hydrogen) atoms. The molecule has 0 saturated carbocycles. The molecule has 6 rings (SSSR count). The van der Waals surface area contributed by atoms with Gasteiger partial charge in [-0.3, -0.25) is 19.1 Å². The number of piperazine rings is 1. The Kier molecular flexibility index (Phi) is 7.28. The Morgan fingerprint density at radius 1 is 1.15 bits per heavy atom. The average molecular weight is 583 g/mol. The Hall–Kier alpha value is -4.50. The predicted molar refractivity (Wildman–Crippen MR) is 150 cm³/mol. The van der Waals surface area contributed by atoms with E-state index in [2.05, 4.69) is 20.0 Å². The maximum absolute atomic E-state index is 14.8. The number of nitrogens with two attached hydrogens (primary N) is 1. The van der Waals surface area contributed by atoms with Crippen molar-refractivity contribution < 1.29 is 23.4 Å². The van der Waals surface area contributed by atoms with Crippen LogP contribution in [0.1, 0.15) is 12.8 Å². The van der Waals surface area contributed by atoms with Crippen LogP contribution in [0, 0.1) is 5.82 Å². The van der Waals surface area contributed by atoms with Crippen LogP contribution in [0.5, 0.6) is 5.75 Å². The molecular weight excluding hydrogens is 555 g/mol. The van der Waals surface area contributed by atoms with Crippen LogP contribution in [0.2, 0.25) is 0 Å². The fraction of sp³-hybridized carbons (Fsp3) is 0.346. The molecule has 0 atom stereocenters. The summed E-state index contributed by atoms with van der Waals surface area (Å²) in [5.74, 6) is 0.0686. The number of furan rings is 1. The molecule has 0 amide bonds. The maximum Gasteiger partial charge on any atom is 0.309 e. The summed E-state index contributed by atoms with van der Waals surface area (Å²) in [6.45, 7) is 3.88. The van der Waals surface area contributed by atoms with Gasteiger partial charge < -0.3 is 24.9 Å². The molecule has 0 aliphatic carbocycles. The lowest BCUT2D eigenvalue weighted by Gasteiger charge is -2.36. The van der Waals surface area contributed by atoms with E-state index in [4.69, 9.17) is 20.0 Å². The molecule has 5 aromatic rings. The first-order chi connectivity index (χ1) is 19.9. The summed E-state index contributed by atoms with van der Waals surface area (Å²) in [5.41, 5.74) is 7.58. The van der Waals surface area contributed by atoms with E-state index in [-0.39, 0.29) is 29.7 Å². The van der Waals surface area contributed by atoms with Crippen LogP contribution >= 0.6 is 11.3 Å². The molecule has 4 aromatic heterocycles. The minimum Gasteiger partial charge on any atom is -0.493 e. The van der Waals surface area contributed by atoms with Crippen molar-refractivity contribution in [3.8, 4) is 17.3 Å². The molecule has 0 radical (unpaired) electrons. The van der Waals surface area contributed by atoms with Crippen molar-refractivity contribution in [1.82, 2.24) is 29.0 Å². The molecule has 1 aromatic carbocycles. The van der Waals surface area contributed by atoms with Gasteiger partial charge in [-0.05, 0) is 30.7 Å². The smallest absolute Gasteiger partial charge is 0.309 e. The highest BCUT2D eigenvalue weighted by molar-refractivity contribution is 7.17. The van der Waals surface area contributed by atoms with Crippen LogP contribution < -0.4 is 20.2 Å². The summed E-state index contributed by atoms with van der Waals surface area (Å²) in [6.07, 6.45) is 1.89. The second-order valence-corrected chi connectivity index (χ2v) is 10.5. The highest BCUT2D eigenvalue weighted by atomic mass is 32.1. The topological polar surface area (TPSA) is 157 Å². The van der Waals surface area contributed by atoms with Gasteiger partial charge in [0.15, 0.2) is 17.1 Å². The second-order valence-electron chi connectivity index (χ2n) is 9.58. The Labute approximate surface area is 236 Å². The molecule has 1 fully saturated rings. The van der Waals surface area contributed by atoms with Crippen LogP contribution in [0.3, 0.4) is 0 Å². The first-order valence-corrected chi connectivity index (χ1v) is 13.9. The van der Waals surface area contributed by atoms with Gasteiger partial charge in [0, 0.05) is 51.8 Å². The summed E-state index contributed by atoms with van der Waals surface area (Å²) >= 11 is 1.05. The van der Waals surface area contributed by atoms with Crippen molar-refractivity contribution >= 4 is 44.9 Å². The van der Waals surface area contributed by atoms with Gasteiger partial charge in [0.1, 0.15) is 16.3 Å². The van der Waals surface area contributed by atoms with Gasteiger partial charge in [-0.2, -0.15) is 9.50 Å². The summed E-state index contributed by atoms with van der Waals surface area (Å²) in [5, 5.41) is 13.1. The van der Waals surface area contributed by atoms with E-state index in [0.29, 0.717) is 84.7 Å². The van der Waals surface area contributed by atoms with Crippen molar-refractivity contribution in [3.05, 3.63) is 52.1 Å². The number of aliphatic carboxylic acids is 1. The number of anilines is 2. The summed E-state index contributed by atoms with van der Waals surface area (Å²) < 4.78 is 29.3. The van der Waals surface area contributed by atoms with E-state index < -0.39 is 5.97 Å². The largest absolute Gasteiger partial charge is 0.493 e. The molecule has 13 nitrogen and oxygen atoms in total. The van der Waals surface area contributed by atoms with Crippen LogP contribution in [-0.4, -0.2) is 79.5 Å². The summed E-state index contributed by atoms with van der Waals surface area (Å²) in [6, 6.07) is 8.20. The van der Waals surface area contributed by atoms with Crippen molar-refractivity contribution in [1.29, 1.82) is 0 Å². The lowest BCUT2D eigenvalue weighted by atomic mass is 10.2. The quantitative estimate of drug-likeness (QED) is 0.233. The molecule has 0 spiro atoms. The molecule has 214 valence electrons. The van der Waals surface area contributed by atoms with E-state index in [9.17, 15) is 14.0 Å². The highest BCUT2D eigenvalue weighted by Crippen LogP contribution is 2.27. The summed E-state index contributed by atoms with van der Waals surface area (Å²) in [4.78, 5) is 36.6. The Balaban J connectivity index is 1.09. The Morgan fingerprint density at radius 2 is 1.98 bits per heavy atom. The van der Waals surface area contributed by atoms with E-state index in [1.54, 1.807) is 28.8 Å². The molecule has 15 heteroatoms. The van der Waals surface area contributed by atoms with Gasteiger partial charge in [0.25, 0.3) is 0 Å². The van der Waals surface area contributed by atoms with Crippen molar-refractivity contribution in [2.45, 2.75) is 19.4 Å². The number of nitrogen functional groups attached to an aromatic ring is 1. The molecule has 3 N–H and O–H groups in total. The number of carbonyl (C=O) groups is 1. The second kappa shape index (κ2) is 11.2. The third-order valence-electron chi connectivity index (χ3n) is 6.93. The lowest BCUT2D eigenvalue weighted by molar-refractivity contribution is -0.137. The monoisotopic (exact) mass is 582 g/mol. The SMILES string of the molecule is Nc1nc2c(sc(=O)n2CCN2CCN(c3ccc(OCCCC(=O)O)cc3F)CC2)c2nc(-c3ccco3)nn12. The minimum absolute atomic E-state index is 0.00579. The molecule has 1 aliphatic rings. The number of carboxylic acids is 1. The first-order valence-electron chi connectivity index (χ1n) is 13.1. The standard InChI is InChI=1S/C26H27FN8O5S/c27-17-15-16(39-13-2-4-20(36)37)5-6-18(17)33-10-7-32(8-11-33)9-12-34-23-21(41-26(34)38)24-29-22(19-3-1-14-40-19)31-35(24)25(28)30-23/h1,3,5-6,14-15H,2,4,7-13H2,(H2,28,30)(H,36,37). The number of fused-ring (bicyclic) bond motifs is 3. The van der Waals surface area contributed by atoms with Crippen molar-refractivity contribution in [2.75, 3.05) is 50.0 Å². The van der Waals surface area contributed by atoms with Crippen LogP contribution in [-0.2, 0) is 11.3 Å². The summed E-state index contributed by atoms with van der Waals surface area (Å²) in [7, 11) is 0. The van der Waals surface area contributed by atoms with E-state index in [1.165, 1.54) is 16.8 Å². The van der Waals surface area contributed by atoms with E-state index >= 15 is 0 Å². The molecule has 1 saturated heterocycles. The lowest BCUT2D eigenvalue weighted by Crippen LogP contribution is -2.47. The number of carboxylic acid groups (broad SMARTS) is 1. The highest BCUT2D eigenvalue weighted by Gasteiger charge is 2.22. The fourth-order valence-corrected chi connectivity index (χ4v) is 5.77. The maximum atomic E-state index is 14.8. The first kappa shape index (κ1) is 26.7. The van der Waals surface area contributed by atoms with Crippen LogP contribution in [0.25, 0.3) is 27.6 Å². The Bertz CT molecular complexity index is 1760. The van der Waals surface area contributed by atoms with Crippen molar-refractivity contribution in [2.24, 2.45) is 0 Å². The number of halogens is 1. The average Bonchev–Trinajstić information content (AvgIpc) is 3.70. The number of nitrogens with zero attached hydrogens (tertiary/aromatic N) is 7. The number of rotatable bonds is 10. The number of ether oxygens (including phenoxy) is 1. The number of hydrogen-bond donors (Lipinski definition) is 2. The van der Waals surface area contributed by atoms with E-state index in [1.807, 2.05) is 4.90 Å². The minimum atomic E-state index is -0.889. The molecule has 1 aliphatic heterocycles. The van der Waals surface area contributed by atoms with Gasteiger partial charge in [-0.15, -0.1) is 5.10 Å². The van der Waals surface area contributed by atoms with Crippen LogP contribution in [0.4, 0.5) is 16.0 Å². The fourth-order valence-electron chi connectivity index (χ4n) is 4.84. The predicted octanol–water partition coefficient (Wildman–Crippen LogP) is 2.55. The van der Waals surface area contributed by atoms with Gasteiger partial charge >= 0.3 is 10.8 Å². The molecule has 0 unspecified atom stereocenters. The third-order valence-corrected chi connectivity index (χ3v) is 7.90. The normalized spacial score (nSPS) is 14.3. The van der Waals surface area contributed by atoms with Crippen molar-refractivity contribution in [3.63, 3.8) is 0 Å². The van der Waals surface area contributed by atoms with Gasteiger partial charge in [-0.25, -0.2) is 9.37 Å². The zero-order valence-electron chi connectivity index (χ0n) is 21.9. The van der Waals surface area contributed by atoms with Gasteiger partial charge in [0.05, 0.1) is 18.6 Å². The van der Waals surface area contributed by atoms with Gasteiger partial charge in [0.2, 0.25) is 11.8 Å². The number of benzene rings is 1. The van der Waals surface area contributed by atoms with Gasteiger partial charge in [-0.1, -0.05) is 11.3 Å². The number of hydrogen-bond acceptors (Lipinski definition) is 11. The number of aromatic nitrogens is 5. The molecular formula is C26H27FN8O5S. The Morgan fingerprint density at radius 3 is 2.71 bits per heavy atom. The third kappa shape index (κ3) is 5.45. The zero-order valence-corrected chi connectivity index (χ0v) is 22.7. The van der Waals surface area contributed by atoms with Crippen LogP contribution in [0.15, 0.2) is 45.8 Å². The zero-order chi connectivity index (χ0) is 28.5. The number of thiazole rings is 1. The molecule has 0 bridgehead atoms.